The van der Waals surface area contributed by atoms with Gasteiger partial charge in [-0.3, -0.25) is 4.90 Å². The number of aliphatic hydroxyl groups is 1. The van der Waals surface area contributed by atoms with Gasteiger partial charge in [0.05, 0.1) is 6.61 Å². The number of benzene rings is 1. The van der Waals surface area contributed by atoms with Gasteiger partial charge in [0.15, 0.2) is 0 Å². The molecule has 1 aromatic rings. The van der Waals surface area contributed by atoms with Crippen molar-refractivity contribution in [2.45, 2.75) is 44.7 Å². The Morgan fingerprint density at radius 1 is 1.25 bits per heavy atom. The van der Waals surface area contributed by atoms with Gasteiger partial charge in [-0.2, -0.15) is 0 Å². The van der Waals surface area contributed by atoms with Gasteiger partial charge in [-0.15, -0.1) is 0 Å². The molecule has 0 heterocycles. The monoisotopic (exact) mass is 292 g/mol. The van der Waals surface area contributed by atoms with Gasteiger partial charge in [-0.05, 0) is 18.4 Å². The van der Waals surface area contributed by atoms with E-state index in [1.165, 1.54) is 37.7 Å². The lowest BCUT2D eigenvalue weighted by Gasteiger charge is -2.34. The van der Waals surface area contributed by atoms with Crippen LogP contribution in [-0.2, 0) is 6.54 Å². The van der Waals surface area contributed by atoms with Crippen LogP contribution in [0.5, 0.6) is 0 Å². The Balaban J connectivity index is 2.13. The highest BCUT2D eigenvalue weighted by Gasteiger charge is 2.21. The first kappa shape index (κ1) is 15.4. The topological polar surface area (TPSA) is 49.5 Å². The summed E-state index contributed by atoms with van der Waals surface area (Å²) in [4.78, 5) is 2.84. The molecule has 1 aromatic carbocycles. The van der Waals surface area contributed by atoms with E-state index in [2.05, 4.69) is 11.0 Å². The van der Waals surface area contributed by atoms with E-state index >= 15 is 0 Å². The third-order valence-electron chi connectivity index (χ3n) is 4.13. The first-order valence-electron chi connectivity index (χ1n) is 7.45. The molecule has 4 heteroatoms. The highest BCUT2D eigenvalue weighted by atomic mass is 32.1. The lowest BCUT2D eigenvalue weighted by Crippen LogP contribution is -2.38. The van der Waals surface area contributed by atoms with Gasteiger partial charge >= 0.3 is 0 Å². The largest absolute Gasteiger partial charge is 0.395 e. The molecule has 0 aromatic heterocycles. The average Bonchev–Trinajstić information content (AvgIpc) is 2.48. The smallest absolute Gasteiger partial charge is 0.104 e. The highest BCUT2D eigenvalue weighted by molar-refractivity contribution is 7.80. The maximum Gasteiger partial charge on any atom is 0.104 e. The van der Waals surface area contributed by atoms with Crippen molar-refractivity contribution in [2.75, 3.05) is 13.2 Å². The number of hydrogen-bond acceptors (Lipinski definition) is 3. The molecule has 1 fully saturated rings. The van der Waals surface area contributed by atoms with Crippen LogP contribution in [0.15, 0.2) is 24.3 Å². The van der Waals surface area contributed by atoms with Crippen molar-refractivity contribution in [3.63, 3.8) is 0 Å². The molecule has 0 amide bonds. The Morgan fingerprint density at radius 3 is 2.60 bits per heavy atom. The first-order valence-corrected chi connectivity index (χ1v) is 7.86. The van der Waals surface area contributed by atoms with Gasteiger partial charge in [0, 0.05) is 24.7 Å². The molecule has 1 saturated carbocycles. The molecule has 0 unspecified atom stereocenters. The van der Waals surface area contributed by atoms with Crippen LogP contribution < -0.4 is 5.73 Å². The van der Waals surface area contributed by atoms with Crippen LogP contribution in [0.4, 0.5) is 0 Å². The van der Waals surface area contributed by atoms with Gasteiger partial charge in [-0.25, -0.2) is 0 Å². The summed E-state index contributed by atoms with van der Waals surface area (Å²) in [5, 5.41) is 9.33. The maximum atomic E-state index is 9.33. The van der Waals surface area contributed by atoms with Crippen molar-refractivity contribution in [1.29, 1.82) is 0 Å². The van der Waals surface area contributed by atoms with Gasteiger partial charge in [-0.1, -0.05) is 55.7 Å². The summed E-state index contributed by atoms with van der Waals surface area (Å²) >= 11 is 5.13. The Morgan fingerprint density at radius 2 is 1.95 bits per heavy atom. The van der Waals surface area contributed by atoms with Crippen LogP contribution in [0, 0.1) is 0 Å². The van der Waals surface area contributed by atoms with Crippen LogP contribution in [-0.4, -0.2) is 34.2 Å². The molecule has 0 radical (unpaired) electrons. The van der Waals surface area contributed by atoms with Crippen molar-refractivity contribution in [2.24, 2.45) is 5.73 Å². The molecule has 1 aliphatic rings. The number of aliphatic hydroxyl groups excluding tert-OH is 1. The third-order valence-corrected chi connectivity index (χ3v) is 4.35. The van der Waals surface area contributed by atoms with E-state index in [1.807, 2.05) is 18.2 Å². The minimum Gasteiger partial charge on any atom is -0.395 e. The number of nitrogens with zero attached hydrogens (tertiary/aromatic N) is 1. The molecular formula is C16H24N2OS. The normalized spacial score (nSPS) is 16.5. The quantitative estimate of drug-likeness (QED) is 0.791. The second-order valence-electron chi connectivity index (χ2n) is 5.51. The summed E-state index contributed by atoms with van der Waals surface area (Å²) in [5.41, 5.74) is 7.93. The molecular weight excluding hydrogens is 268 g/mol. The molecule has 0 saturated heterocycles. The van der Waals surface area contributed by atoms with E-state index in [9.17, 15) is 5.11 Å². The van der Waals surface area contributed by atoms with Crippen molar-refractivity contribution < 1.29 is 5.11 Å². The molecule has 3 N–H and O–H groups in total. The van der Waals surface area contributed by atoms with Gasteiger partial charge < -0.3 is 10.8 Å². The Labute approximate surface area is 126 Å². The number of hydrogen-bond donors (Lipinski definition) is 2. The Bertz CT molecular complexity index is 444. The fourth-order valence-corrected chi connectivity index (χ4v) is 3.28. The predicted octanol–water partition coefficient (Wildman–Crippen LogP) is 2.45. The number of nitrogens with two attached hydrogens (primary N) is 1. The molecule has 1 aliphatic carbocycles. The van der Waals surface area contributed by atoms with Crippen molar-refractivity contribution >= 4 is 17.2 Å². The number of thiocarbonyl (C=S) groups is 1. The third kappa shape index (κ3) is 4.01. The minimum absolute atomic E-state index is 0.200. The summed E-state index contributed by atoms with van der Waals surface area (Å²) in [7, 11) is 0. The second-order valence-corrected chi connectivity index (χ2v) is 5.95. The van der Waals surface area contributed by atoms with E-state index in [0.717, 1.165) is 18.7 Å². The van der Waals surface area contributed by atoms with E-state index in [-0.39, 0.29) is 6.61 Å². The first-order chi connectivity index (χ1) is 9.72. The predicted molar refractivity (Wildman–Crippen MR) is 86.7 cm³/mol. The molecule has 20 heavy (non-hydrogen) atoms. The van der Waals surface area contributed by atoms with Crippen LogP contribution in [0.2, 0.25) is 0 Å². The Hall–Kier alpha value is -0.970. The number of rotatable bonds is 6. The van der Waals surface area contributed by atoms with Crippen LogP contribution in [0.1, 0.15) is 43.2 Å². The van der Waals surface area contributed by atoms with Crippen LogP contribution in [0.3, 0.4) is 0 Å². The van der Waals surface area contributed by atoms with Gasteiger partial charge in [0.25, 0.3) is 0 Å². The van der Waals surface area contributed by atoms with E-state index in [4.69, 9.17) is 18.0 Å². The zero-order valence-electron chi connectivity index (χ0n) is 11.9. The van der Waals surface area contributed by atoms with Gasteiger partial charge in [0.1, 0.15) is 4.99 Å². The summed E-state index contributed by atoms with van der Waals surface area (Å²) in [6.07, 6.45) is 6.39. The molecule has 110 valence electrons. The summed E-state index contributed by atoms with van der Waals surface area (Å²) < 4.78 is 0. The van der Waals surface area contributed by atoms with Crippen molar-refractivity contribution in [3.05, 3.63) is 35.4 Å². The van der Waals surface area contributed by atoms with Crippen LogP contribution >= 0.6 is 12.2 Å². The van der Waals surface area contributed by atoms with Crippen molar-refractivity contribution in [3.8, 4) is 0 Å². The average molecular weight is 292 g/mol. The Kier molecular flexibility index (Phi) is 5.95. The molecule has 0 spiro atoms. The standard InChI is InChI=1S/C16H24N2OS/c17-16(20)15-9-5-4-6-13(15)12-18(10-11-19)14-7-2-1-3-8-14/h4-6,9,14,19H,1-3,7-8,10-12H2,(H2,17,20). The lowest BCUT2D eigenvalue weighted by molar-refractivity contribution is 0.117. The van der Waals surface area contributed by atoms with Crippen LogP contribution in [0.25, 0.3) is 0 Å². The maximum absolute atomic E-state index is 9.33. The van der Waals surface area contributed by atoms with E-state index < -0.39 is 0 Å². The SMILES string of the molecule is NC(=S)c1ccccc1CN(CCO)C1CCCCC1. The fourth-order valence-electron chi connectivity index (χ4n) is 3.08. The van der Waals surface area contributed by atoms with E-state index in [0.29, 0.717) is 11.0 Å². The summed E-state index contributed by atoms with van der Waals surface area (Å²) in [6, 6.07) is 8.64. The zero-order valence-corrected chi connectivity index (χ0v) is 12.7. The van der Waals surface area contributed by atoms with E-state index in [1.54, 1.807) is 0 Å². The van der Waals surface area contributed by atoms with Crippen molar-refractivity contribution in [1.82, 2.24) is 4.90 Å². The fraction of sp³-hybridized carbons (Fsp3) is 0.562. The summed E-state index contributed by atoms with van der Waals surface area (Å²) in [5.74, 6) is 0. The van der Waals surface area contributed by atoms with Gasteiger partial charge in [0.2, 0.25) is 0 Å². The second kappa shape index (κ2) is 7.72. The highest BCUT2D eigenvalue weighted by Crippen LogP contribution is 2.24. The molecule has 3 nitrogen and oxygen atoms in total. The lowest BCUT2D eigenvalue weighted by atomic mass is 9.93. The summed E-state index contributed by atoms with van der Waals surface area (Å²) in [6.45, 7) is 1.74. The molecule has 2 rings (SSSR count). The minimum atomic E-state index is 0.200. The molecule has 0 aliphatic heterocycles. The molecule has 0 atom stereocenters. The molecule has 0 bridgehead atoms. The zero-order chi connectivity index (χ0) is 14.4.